The summed E-state index contributed by atoms with van der Waals surface area (Å²) >= 11 is 1.57. The Labute approximate surface area is 114 Å². The van der Waals surface area contributed by atoms with Crippen LogP contribution < -0.4 is 0 Å². The molecule has 7 heteroatoms. The lowest BCUT2D eigenvalue weighted by Gasteiger charge is -2.22. The van der Waals surface area contributed by atoms with Crippen molar-refractivity contribution in [1.82, 2.24) is 4.90 Å². The largest absolute Gasteiger partial charge is 0.477 e. The number of rotatable bonds is 5. The Kier molecular flexibility index (Phi) is 4.16. The Bertz CT molecular complexity index is 498. The van der Waals surface area contributed by atoms with Gasteiger partial charge < -0.3 is 14.8 Å². The van der Waals surface area contributed by atoms with E-state index in [1.54, 1.807) is 16.2 Å². The van der Waals surface area contributed by atoms with Gasteiger partial charge in [0.25, 0.3) is 5.91 Å². The fourth-order valence-electron chi connectivity index (χ4n) is 1.78. The minimum atomic E-state index is -1.14. The number of nitrogens with zero attached hydrogens (tertiary/aromatic N) is 2. The normalized spacial score (nSPS) is 17.7. The third-order valence-electron chi connectivity index (χ3n) is 2.81. The summed E-state index contributed by atoms with van der Waals surface area (Å²) in [6.45, 7) is 2.92. The monoisotopic (exact) mass is 282 g/mol. The maximum absolute atomic E-state index is 12.2. The molecule has 0 spiro atoms. The van der Waals surface area contributed by atoms with Crippen molar-refractivity contribution in [2.45, 2.75) is 26.0 Å². The highest BCUT2D eigenvalue weighted by Crippen LogP contribution is 2.17. The van der Waals surface area contributed by atoms with E-state index in [-0.39, 0.29) is 18.0 Å². The third-order valence-corrected chi connectivity index (χ3v) is 3.67. The molecule has 2 rings (SSSR count). The van der Waals surface area contributed by atoms with Crippen LogP contribution in [0.5, 0.6) is 0 Å². The summed E-state index contributed by atoms with van der Waals surface area (Å²) in [4.78, 5) is 30.6. The molecule has 1 unspecified atom stereocenters. The van der Waals surface area contributed by atoms with Gasteiger partial charge in [0, 0.05) is 17.8 Å². The number of amides is 1. The van der Waals surface area contributed by atoms with Crippen LogP contribution in [0.1, 0.15) is 18.2 Å². The predicted octanol–water partition coefficient (Wildman–Crippen LogP) is 1.33. The van der Waals surface area contributed by atoms with E-state index in [4.69, 9.17) is 9.94 Å². The van der Waals surface area contributed by atoms with E-state index in [9.17, 15) is 9.59 Å². The minimum absolute atomic E-state index is 0.0229. The van der Waals surface area contributed by atoms with Crippen molar-refractivity contribution in [2.24, 2.45) is 5.16 Å². The highest BCUT2D eigenvalue weighted by atomic mass is 32.1. The average Bonchev–Trinajstić information content (AvgIpc) is 3.06. The second-order valence-electron chi connectivity index (χ2n) is 4.07. The summed E-state index contributed by atoms with van der Waals surface area (Å²) < 4.78 is 0. The van der Waals surface area contributed by atoms with E-state index in [2.05, 4.69) is 5.16 Å². The van der Waals surface area contributed by atoms with E-state index < -0.39 is 12.1 Å². The number of hydrogen-bond donors (Lipinski definition) is 1. The molecule has 1 aromatic rings. The van der Waals surface area contributed by atoms with Gasteiger partial charge in [-0.2, -0.15) is 0 Å². The molecule has 2 heterocycles. The molecule has 0 saturated carbocycles. The molecule has 0 bridgehead atoms. The first kappa shape index (κ1) is 13.5. The number of aliphatic carboxylic acids is 1. The number of carboxylic acids is 1. The number of carboxylic acid groups (broad SMARTS) is 1. The molecule has 1 atom stereocenters. The van der Waals surface area contributed by atoms with Crippen LogP contribution in [0.25, 0.3) is 0 Å². The molecule has 1 N–H and O–H groups in total. The number of hydrogen-bond acceptors (Lipinski definition) is 5. The van der Waals surface area contributed by atoms with Crippen LogP contribution in [0.2, 0.25) is 0 Å². The highest BCUT2D eigenvalue weighted by Gasteiger charge is 2.34. The van der Waals surface area contributed by atoms with Crippen molar-refractivity contribution in [3.05, 3.63) is 22.4 Å². The van der Waals surface area contributed by atoms with Crippen LogP contribution in [-0.2, 0) is 21.0 Å². The van der Waals surface area contributed by atoms with Crippen molar-refractivity contribution in [3.8, 4) is 0 Å². The number of likely N-dealkylation sites (N-methyl/N-ethyl adjacent to an activating group) is 1. The Morgan fingerprint density at radius 2 is 2.42 bits per heavy atom. The van der Waals surface area contributed by atoms with Gasteiger partial charge in [0.15, 0.2) is 5.71 Å². The molecule has 1 aliphatic heterocycles. The van der Waals surface area contributed by atoms with Crippen molar-refractivity contribution >= 4 is 28.9 Å². The summed E-state index contributed by atoms with van der Waals surface area (Å²) in [5.41, 5.74) is -0.106. The van der Waals surface area contributed by atoms with Crippen LogP contribution >= 0.6 is 11.3 Å². The molecular formula is C12H14N2O4S. The van der Waals surface area contributed by atoms with E-state index in [0.29, 0.717) is 13.1 Å². The molecular weight excluding hydrogens is 268 g/mol. The minimum Gasteiger partial charge on any atom is -0.477 e. The molecule has 0 aromatic carbocycles. The van der Waals surface area contributed by atoms with E-state index in [1.807, 2.05) is 24.4 Å². The number of thiophene rings is 1. The fourth-order valence-corrected chi connectivity index (χ4v) is 2.50. The molecule has 1 aliphatic rings. The SMILES string of the molecule is CCN(Cc1cccs1)C(=O)C1CC(C(=O)O)=NO1. The van der Waals surface area contributed by atoms with E-state index >= 15 is 0 Å². The lowest BCUT2D eigenvalue weighted by atomic mass is 10.1. The molecule has 1 amide bonds. The van der Waals surface area contributed by atoms with Gasteiger partial charge in [-0.05, 0) is 18.4 Å². The van der Waals surface area contributed by atoms with Crippen molar-refractivity contribution in [1.29, 1.82) is 0 Å². The highest BCUT2D eigenvalue weighted by molar-refractivity contribution is 7.09. The van der Waals surface area contributed by atoms with Gasteiger partial charge in [-0.1, -0.05) is 11.2 Å². The Morgan fingerprint density at radius 1 is 1.63 bits per heavy atom. The van der Waals surface area contributed by atoms with Gasteiger partial charge in [-0.15, -0.1) is 11.3 Å². The zero-order valence-corrected chi connectivity index (χ0v) is 11.2. The van der Waals surface area contributed by atoms with Gasteiger partial charge in [0.1, 0.15) is 0 Å². The first-order valence-electron chi connectivity index (χ1n) is 5.89. The van der Waals surface area contributed by atoms with Gasteiger partial charge in [0.2, 0.25) is 6.10 Å². The summed E-state index contributed by atoms with van der Waals surface area (Å²) in [5, 5.41) is 14.2. The topological polar surface area (TPSA) is 79.2 Å². The molecule has 1 aromatic heterocycles. The number of oxime groups is 1. The summed E-state index contributed by atoms with van der Waals surface area (Å²) in [6.07, 6.45) is -0.791. The van der Waals surface area contributed by atoms with Crippen LogP contribution in [0.4, 0.5) is 0 Å². The second-order valence-corrected chi connectivity index (χ2v) is 5.11. The van der Waals surface area contributed by atoms with Crippen LogP contribution in [0.3, 0.4) is 0 Å². The Hall–Kier alpha value is -1.89. The molecule has 102 valence electrons. The lowest BCUT2D eigenvalue weighted by Crippen LogP contribution is -2.38. The van der Waals surface area contributed by atoms with Crippen molar-refractivity contribution in [3.63, 3.8) is 0 Å². The van der Waals surface area contributed by atoms with Gasteiger partial charge in [0.05, 0.1) is 6.54 Å². The summed E-state index contributed by atoms with van der Waals surface area (Å²) in [7, 11) is 0. The number of carbonyl (C=O) groups is 2. The average molecular weight is 282 g/mol. The number of carbonyl (C=O) groups excluding carboxylic acids is 1. The van der Waals surface area contributed by atoms with Crippen molar-refractivity contribution in [2.75, 3.05) is 6.54 Å². The van der Waals surface area contributed by atoms with E-state index in [1.165, 1.54) is 0 Å². The standard InChI is InChI=1S/C12H14N2O4S/c1-2-14(7-8-4-3-5-19-8)11(15)10-6-9(12(16)17)13-18-10/h3-5,10H,2,6-7H2,1H3,(H,16,17). The van der Waals surface area contributed by atoms with Gasteiger partial charge >= 0.3 is 5.97 Å². The molecule has 6 nitrogen and oxygen atoms in total. The molecule has 0 saturated heterocycles. The Balaban J connectivity index is 1.97. The van der Waals surface area contributed by atoms with Crippen LogP contribution in [0.15, 0.2) is 22.7 Å². The zero-order chi connectivity index (χ0) is 13.8. The molecule has 19 heavy (non-hydrogen) atoms. The Morgan fingerprint density at radius 3 is 2.95 bits per heavy atom. The third kappa shape index (κ3) is 3.11. The van der Waals surface area contributed by atoms with E-state index in [0.717, 1.165) is 4.88 Å². The molecule has 0 radical (unpaired) electrons. The fraction of sp³-hybridized carbons (Fsp3) is 0.417. The van der Waals surface area contributed by atoms with Gasteiger partial charge in [-0.25, -0.2) is 4.79 Å². The maximum Gasteiger partial charge on any atom is 0.353 e. The van der Waals surface area contributed by atoms with Crippen LogP contribution in [0, 0.1) is 0 Å². The summed E-state index contributed by atoms with van der Waals surface area (Å²) in [5.74, 6) is -1.37. The quantitative estimate of drug-likeness (QED) is 0.883. The predicted molar refractivity (Wildman–Crippen MR) is 70.0 cm³/mol. The van der Waals surface area contributed by atoms with Crippen LogP contribution in [-0.4, -0.2) is 40.2 Å². The zero-order valence-electron chi connectivity index (χ0n) is 10.4. The molecule has 0 fully saturated rings. The first-order valence-corrected chi connectivity index (χ1v) is 6.77. The summed E-state index contributed by atoms with van der Waals surface area (Å²) in [6, 6.07) is 3.88. The first-order chi connectivity index (χ1) is 9.11. The second kappa shape index (κ2) is 5.83. The van der Waals surface area contributed by atoms with Crippen molar-refractivity contribution < 1.29 is 19.5 Å². The van der Waals surface area contributed by atoms with Gasteiger partial charge in [-0.3, -0.25) is 4.79 Å². The lowest BCUT2D eigenvalue weighted by molar-refractivity contribution is -0.142. The maximum atomic E-state index is 12.2. The molecule has 0 aliphatic carbocycles. The smallest absolute Gasteiger partial charge is 0.353 e.